The van der Waals surface area contributed by atoms with Crippen molar-refractivity contribution in [3.05, 3.63) is 78.6 Å². The number of carbonyl (C=O) groups excluding carboxylic acids is 1. The lowest BCUT2D eigenvalue weighted by molar-refractivity contribution is -0.138. The summed E-state index contributed by atoms with van der Waals surface area (Å²) in [4.78, 5) is 42.0. The average Bonchev–Trinajstić information content (AvgIpc) is 3.28. The molecule has 0 fully saturated rings. The maximum atomic E-state index is 12.0. The van der Waals surface area contributed by atoms with Crippen molar-refractivity contribution < 1.29 is 14.7 Å². The fraction of sp³-hybridized carbons (Fsp3) is 0.160. The number of anilines is 2. The third kappa shape index (κ3) is 5.87. The van der Waals surface area contributed by atoms with Crippen molar-refractivity contribution in [2.75, 3.05) is 31.3 Å². The smallest absolute Gasteiger partial charge is 0.330 e. The minimum atomic E-state index is -1.03. The number of hydrogen-bond donors (Lipinski definition) is 4. The van der Waals surface area contributed by atoms with Crippen LogP contribution in [0.2, 0.25) is 0 Å². The molecule has 1 amide bonds. The van der Waals surface area contributed by atoms with Crippen LogP contribution in [0.5, 0.6) is 0 Å². The molecule has 2 aromatic heterocycles. The van der Waals surface area contributed by atoms with E-state index in [0.29, 0.717) is 40.6 Å². The Morgan fingerprint density at radius 3 is 2.51 bits per heavy atom. The van der Waals surface area contributed by atoms with Gasteiger partial charge in [0.1, 0.15) is 17.7 Å². The van der Waals surface area contributed by atoms with Gasteiger partial charge in [-0.15, -0.1) is 0 Å². The summed E-state index contributed by atoms with van der Waals surface area (Å²) < 4.78 is 0. The number of fused-ring (bicyclic) bond motifs is 1. The lowest BCUT2D eigenvalue weighted by Gasteiger charge is -2.15. The second-order valence-corrected chi connectivity index (χ2v) is 8.06. The number of rotatable bonds is 9. The van der Waals surface area contributed by atoms with Gasteiger partial charge in [0.15, 0.2) is 17.5 Å². The van der Waals surface area contributed by atoms with E-state index in [1.165, 1.54) is 12.4 Å². The zero-order chi connectivity index (χ0) is 24.8. The highest BCUT2D eigenvalue weighted by atomic mass is 16.4. The quantitative estimate of drug-likeness (QED) is 0.273. The highest BCUT2D eigenvalue weighted by Crippen LogP contribution is 2.27. The Kier molecular flexibility index (Phi) is 7.12. The van der Waals surface area contributed by atoms with Crippen LogP contribution in [0, 0.1) is 0 Å². The zero-order valence-corrected chi connectivity index (χ0v) is 19.3. The summed E-state index contributed by atoms with van der Waals surface area (Å²) in [6.45, 7) is 0.677. The summed E-state index contributed by atoms with van der Waals surface area (Å²) in [5.41, 5.74) is 2.92. The first-order valence-electron chi connectivity index (χ1n) is 10.9. The minimum absolute atomic E-state index is 0.208. The molecule has 10 nitrogen and oxygen atoms in total. The van der Waals surface area contributed by atoms with Gasteiger partial charge >= 0.3 is 5.97 Å². The molecule has 10 heteroatoms. The highest BCUT2D eigenvalue weighted by Gasteiger charge is 2.22. The Labute approximate surface area is 201 Å². The van der Waals surface area contributed by atoms with Crippen molar-refractivity contribution in [3.63, 3.8) is 0 Å². The molecule has 0 unspecified atom stereocenters. The van der Waals surface area contributed by atoms with Crippen molar-refractivity contribution in [3.8, 4) is 11.4 Å². The summed E-state index contributed by atoms with van der Waals surface area (Å²) in [7, 11) is 3.86. The van der Waals surface area contributed by atoms with Crippen molar-refractivity contribution in [1.29, 1.82) is 0 Å². The zero-order valence-electron chi connectivity index (χ0n) is 19.3. The molecule has 0 aliphatic rings. The van der Waals surface area contributed by atoms with Gasteiger partial charge in [-0.1, -0.05) is 36.4 Å². The number of amides is 1. The predicted octanol–water partition coefficient (Wildman–Crippen LogP) is 3.31. The number of H-pyrrole nitrogens is 1. The summed E-state index contributed by atoms with van der Waals surface area (Å²) in [6, 6.07) is 15.1. The highest BCUT2D eigenvalue weighted by molar-refractivity contribution is 5.99. The van der Waals surface area contributed by atoms with Crippen LogP contribution in [0.3, 0.4) is 0 Å². The normalized spacial score (nSPS) is 12.2. The summed E-state index contributed by atoms with van der Waals surface area (Å²) in [6.07, 6.45) is 4.62. The number of carboxylic acids is 1. The number of nitrogens with zero attached hydrogens (tertiary/aromatic N) is 4. The standard InChI is InChI=1S/C25H25N7O3/c1-32(2)14-6-9-19(33)28-18-12-10-17(11-13-18)22-30-21-23(26-15-27-24(21)31-22)29-20(25(34)35)16-7-4-3-5-8-16/h3-13,15,20H,14H2,1-2H3,(H,28,33)(H,34,35)(H2,26,27,29,30,31)/t20-/m0/s1. The monoisotopic (exact) mass is 471 g/mol. The second-order valence-electron chi connectivity index (χ2n) is 8.06. The fourth-order valence-corrected chi connectivity index (χ4v) is 3.41. The van der Waals surface area contributed by atoms with Gasteiger partial charge in [-0.25, -0.2) is 19.7 Å². The van der Waals surface area contributed by atoms with E-state index in [0.717, 1.165) is 5.56 Å². The molecule has 0 aliphatic carbocycles. The number of carboxylic acid groups (broad SMARTS) is 1. The number of likely N-dealkylation sites (N-methyl/N-ethyl adjacent to an activating group) is 1. The van der Waals surface area contributed by atoms with Crippen LogP contribution in [-0.4, -0.2) is 62.5 Å². The number of aliphatic carboxylic acids is 1. The van der Waals surface area contributed by atoms with Crippen molar-refractivity contribution >= 4 is 34.5 Å². The fourth-order valence-electron chi connectivity index (χ4n) is 3.41. The van der Waals surface area contributed by atoms with Crippen LogP contribution in [-0.2, 0) is 9.59 Å². The van der Waals surface area contributed by atoms with Gasteiger partial charge < -0.3 is 25.6 Å². The Morgan fingerprint density at radius 2 is 1.83 bits per heavy atom. The topological polar surface area (TPSA) is 136 Å². The molecular weight excluding hydrogens is 446 g/mol. The molecule has 0 saturated carbocycles. The first kappa shape index (κ1) is 23.6. The Balaban J connectivity index is 1.53. The summed E-state index contributed by atoms with van der Waals surface area (Å²) in [5, 5.41) is 15.5. The molecule has 0 bridgehead atoms. The van der Waals surface area contributed by atoms with Crippen LogP contribution in [0.4, 0.5) is 11.5 Å². The lowest BCUT2D eigenvalue weighted by Crippen LogP contribution is -2.21. The van der Waals surface area contributed by atoms with E-state index in [-0.39, 0.29) is 5.91 Å². The van der Waals surface area contributed by atoms with Crippen LogP contribution >= 0.6 is 0 Å². The Hall–Kier alpha value is -4.57. The third-order valence-corrected chi connectivity index (χ3v) is 5.11. The van der Waals surface area contributed by atoms with Crippen LogP contribution < -0.4 is 10.6 Å². The lowest BCUT2D eigenvalue weighted by atomic mass is 10.1. The van der Waals surface area contributed by atoms with E-state index in [1.807, 2.05) is 37.2 Å². The summed E-state index contributed by atoms with van der Waals surface area (Å²) >= 11 is 0. The Bertz CT molecular complexity index is 1350. The van der Waals surface area contributed by atoms with Crippen LogP contribution in [0.25, 0.3) is 22.6 Å². The minimum Gasteiger partial charge on any atom is -0.479 e. The maximum Gasteiger partial charge on any atom is 0.330 e. The molecule has 35 heavy (non-hydrogen) atoms. The Morgan fingerprint density at radius 1 is 1.09 bits per heavy atom. The van der Waals surface area contributed by atoms with Gasteiger partial charge in [0.2, 0.25) is 5.91 Å². The van der Waals surface area contributed by atoms with Crippen molar-refractivity contribution in [2.24, 2.45) is 0 Å². The molecule has 2 heterocycles. The molecule has 1 atom stereocenters. The van der Waals surface area contributed by atoms with E-state index in [9.17, 15) is 14.7 Å². The first-order chi connectivity index (χ1) is 16.9. The molecule has 4 N–H and O–H groups in total. The SMILES string of the molecule is CN(C)CC=CC(=O)Nc1ccc(-c2nc3ncnc(N[C@H](C(=O)O)c4ccccc4)c3[nH]2)cc1. The molecular formula is C25H25N7O3. The second kappa shape index (κ2) is 10.6. The van der Waals surface area contributed by atoms with Crippen LogP contribution in [0.1, 0.15) is 11.6 Å². The van der Waals surface area contributed by atoms with Gasteiger partial charge in [-0.3, -0.25) is 4.79 Å². The number of imidazole rings is 1. The third-order valence-electron chi connectivity index (χ3n) is 5.11. The van der Waals surface area contributed by atoms with Crippen LogP contribution in [0.15, 0.2) is 73.1 Å². The van der Waals surface area contributed by atoms with Gasteiger partial charge in [-0.05, 0) is 43.9 Å². The molecule has 4 aromatic rings. The molecule has 0 spiro atoms. The number of benzene rings is 2. The first-order valence-corrected chi connectivity index (χ1v) is 10.9. The van der Waals surface area contributed by atoms with Crippen molar-refractivity contribution in [2.45, 2.75) is 6.04 Å². The number of aromatic nitrogens is 4. The molecule has 4 rings (SSSR count). The molecule has 2 aromatic carbocycles. The number of hydrogen-bond acceptors (Lipinski definition) is 7. The number of aromatic amines is 1. The largest absolute Gasteiger partial charge is 0.479 e. The van der Waals surface area contributed by atoms with Gasteiger partial charge in [0, 0.05) is 23.9 Å². The average molecular weight is 472 g/mol. The maximum absolute atomic E-state index is 12.0. The van der Waals surface area contributed by atoms with E-state index >= 15 is 0 Å². The summed E-state index contributed by atoms with van der Waals surface area (Å²) in [5.74, 6) is -0.366. The number of carbonyl (C=O) groups is 2. The van der Waals surface area contributed by atoms with Gasteiger partial charge in [-0.2, -0.15) is 0 Å². The van der Waals surface area contributed by atoms with E-state index in [2.05, 4.69) is 30.6 Å². The van der Waals surface area contributed by atoms with Gasteiger partial charge in [0.05, 0.1) is 0 Å². The van der Waals surface area contributed by atoms with Crippen molar-refractivity contribution in [1.82, 2.24) is 24.8 Å². The molecule has 178 valence electrons. The van der Waals surface area contributed by atoms with E-state index in [1.54, 1.807) is 42.5 Å². The number of nitrogens with one attached hydrogen (secondary N) is 3. The molecule has 0 radical (unpaired) electrons. The van der Waals surface area contributed by atoms with E-state index in [4.69, 9.17) is 0 Å². The molecule has 0 aliphatic heterocycles. The predicted molar refractivity (Wildman–Crippen MR) is 134 cm³/mol. The van der Waals surface area contributed by atoms with E-state index < -0.39 is 12.0 Å². The van der Waals surface area contributed by atoms with Gasteiger partial charge in [0.25, 0.3) is 0 Å². The molecule has 0 saturated heterocycles.